The Hall–Kier alpha value is -2.67. The van der Waals surface area contributed by atoms with Crippen molar-refractivity contribution < 1.29 is 14.1 Å². The van der Waals surface area contributed by atoms with E-state index in [1.54, 1.807) is 0 Å². The van der Waals surface area contributed by atoms with Crippen molar-refractivity contribution in [2.24, 2.45) is 5.92 Å². The predicted octanol–water partition coefficient (Wildman–Crippen LogP) is 3.61. The molecular weight excluding hydrogens is 368 g/mol. The first kappa shape index (κ1) is 19.6. The summed E-state index contributed by atoms with van der Waals surface area (Å²) in [5.74, 6) is 1.93. The van der Waals surface area contributed by atoms with Crippen LogP contribution in [0.1, 0.15) is 48.8 Å². The molecule has 7 heteroatoms. The Morgan fingerprint density at radius 2 is 2.28 bits per heavy atom. The first-order valence-electron chi connectivity index (χ1n) is 10.4. The van der Waals surface area contributed by atoms with Gasteiger partial charge < -0.3 is 19.1 Å². The number of hydrogen-bond donors (Lipinski definition) is 1. The molecule has 154 valence electrons. The summed E-state index contributed by atoms with van der Waals surface area (Å²) in [7, 11) is 0. The molecule has 0 bridgehead atoms. The number of H-pyrrole nitrogens is 1. The summed E-state index contributed by atoms with van der Waals surface area (Å²) >= 11 is 0. The molecule has 3 heterocycles. The molecule has 3 aromatic rings. The Morgan fingerprint density at radius 1 is 1.38 bits per heavy atom. The maximum atomic E-state index is 13.1. The van der Waals surface area contributed by atoms with Crippen molar-refractivity contribution >= 4 is 16.8 Å². The largest absolute Gasteiger partial charge is 0.376 e. The van der Waals surface area contributed by atoms with E-state index in [1.165, 1.54) is 0 Å². The standard InChI is InChI=1S/C22H28N4O3/c1-15(2)13-21-24-20(25-29-21)9-12-28-16-5-4-11-26(14-16)22(27)18-6-3-7-19-17(18)8-10-23-19/h3,6-8,10,15-16,23H,4-5,9,11-14H2,1-2H3. The van der Waals surface area contributed by atoms with E-state index in [2.05, 4.69) is 29.0 Å². The maximum absolute atomic E-state index is 13.1. The third-order valence-corrected chi connectivity index (χ3v) is 5.26. The van der Waals surface area contributed by atoms with E-state index < -0.39 is 0 Å². The molecule has 0 aliphatic carbocycles. The molecule has 4 rings (SSSR count). The zero-order valence-corrected chi connectivity index (χ0v) is 17.1. The second-order valence-corrected chi connectivity index (χ2v) is 8.08. The normalized spacial score (nSPS) is 17.3. The van der Waals surface area contributed by atoms with Gasteiger partial charge in [0.25, 0.3) is 5.91 Å². The topological polar surface area (TPSA) is 84.2 Å². The van der Waals surface area contributed by atoms with E-state index in [-0.39, 0.29) is 12.0 Å². The predicted molar refractivity (Wildman–Crippen MR) is 110 cm³/mol. The highest BCUT2D eigenvalue weighted by molar-refractivity contribution is 6.06. The van der Waals surface area contributed by atoms with E-state index in [1.807, 2.05) is 35.4 Å². The quantitative estimate of drug-likeness (QED) is 0.659. The Balaban J connectivity index is 1.31. The summed E-state index contributed by atoms with van der Waals surface area (Å²) < 4.78 is 11.3. The molecule has 0 radical (unpaired) electrons. The van der Waals surface area contributed by atoms with Crippen molar-refractivity contribution in [2.75, 3.05) is 19.7 Å². The van der Waals surface area contributed by atoms with Crippen LogP contribution in [0, 0.1) is 5.92 Å². The molecule has 1 unspecified atom stereocenters. The average molecular weight is 396 g/mol. The highest BCUT2D eigenvalue weighted by Crippen LogP contribution is 2.22. The molecule has 2 aromatic heterocycles. The molecule has 1 fully saturated rings. The number of nitrogens with one attached hydrogen (secondary N) is 1. The summed E-state index contributed by atoms with van der Waals surface area (Å²) in [5.41, 5.74) is 1.73. The molecule has 29 heavy (non-hydrogen) atoms. The monoisotopic (exact) mass is 396 g/mol. The lowest BCUT2D eigenvalue weighted by Gasteiger charge is -2.32. The zero-order chi connectivity index (χ0) is 20.2. The van der Waals surface area contributed by atoms with Crippen LogP contribution in [0.15, 0.2) is 35.0 Å². The van der Waals surface area contributed by atoms with Crippen LogP contribution in [0.25, 0.3) is 10.9 Å². The second kappa shape index (κ2) is 8.78. The highest BCUT2D eigenvalue weighted by Gasteiger charge is 2.26. The Kier molecular flexibility index (Phi) is 5.94. The van der Waals surface area contributed by atoms with E-state index in [0.717, 1.165) is 42.3 Å². The molecule has 0 saturated carbocycles. The molecule has 1 aliphatic rings. The van der Waals surface area contributed by atoms with Gasteiger partial charge in [-0.2, -0.15) is 4.98 Å². The number of hydrogen-bond acceptors (Lipinski definition) is 5. The van der Waals surface area contributed by atoms with Crippen molar-refractivity contribution in [1.29, 1.82) is 0 Å². The number of likely N-dealkylation sites (tertiary alicyclic amines) is 1. The molecule has 1 amide bonds. The van der Waals surface area contributed by atoms with Crippen LogP contribution in [0.5, 0.6) is 0 Å². The van der Waals surface area contributed by atoms with Crippen LogP contribution in [-0.2, 0) is 17.6 Å². The minimum Gasteiger partial charge on any atom is -0.376 e. The van der Waals surface area contributed by atoms with Gasteiger partial charge in [0.1, 0.15) is 0 Å². The molecule has 1 N–H and O–H groups in total. The van der Waals surface area contributed by atoms with Crippen molar-refractivity contribution in [1.82, 2.24) is 20.0 Å². The number of benzene rings is 1. The minimum atomic E-state index is 0.0418. The Bertz CT molecular complexity index is 962. The van der Waals surface area contributed by atoms with Crippen molar-refractivity contribution in [3.63, 3.8) is 0 Å². The summed E-state index contributed by atoms with van der Waals surface area (Å²) in [6.07, 6.45) is 5.23. The van der Waals surface area contributed by atoms with Crippen molar-refractivity contribution in [3.8, 4) is 0 Å². The molecule has 7 nitrogen and oxygen atoms in total. The zero-order valence-electron chi connectivity index (χ0n) is 17.1. The van der Waals surface area contributed by atoms with Gasteiger partial charge in [-0.05, 0) is 37.0 Å². The van der Waals surface area contributed by atoms with Gasteiger partial charge in [-0.15, -0.1) is 0 Å². The average Bonchev–Trinajstić information content (AvgIpc) is 3.36. The van der Waals surface area contributed by atoms with Gasteiger partial charge in [-0.3, -0.25) is 4.79 Å². The fourth-order valence-electron chi connectivity index (χ4n) is 3.84. The molecular formula is C22H28N4O3. The smallest absolute Gasteiger partial charge is 0.254 e. The molecule has 1 saturated heterocycles. The van der Waals surface area contributed by atoms with Gasteiger partial charge in [-0.25, -0.2) is 0 Å². The molecule has 0 spiro atoms. The van der Waals surface area contributed by atoms with Gasteiger partial charge >= 0.3 is 0 Å². The van der Waals surface area contributed by atoms with Crippen LogP contribution in [-0.4, -0.2) is 51.7 Å². The van der Waals surface area contributed by atoms with E-state index in [4.69, 9.17) is 9.26 Å². The fraction of sp³-hybridized carbons (Fsp3) is 0.500. The lowest BCUT2D eigenvalue weighted by Crippen LogP contribution is -2.43. The number of amides is 1. The Labute approximate surface area is 170 Å². The van der Waals surface area contributed by atoms with Crippen molar-refractivity contribution in [3.05, 3.63) is 47.7 Å². The van der Waals surface area contributed by atoms with E-state index >= 15 is 0 Å². The van der Waals surface area contributed by atoms with Crippen LogP contribution in [0.4, 0.5) is 0 Å². The van der Waals surface area contributed by atoms with Gasteiger partial charge in [0.05, 0.1) is 12.7 Å². The molecule has 1 aliphatic heterocycles. The highest BCUT2D eigenvalue weighted by atomic mass is 16.5. The van der Waals surface area contributed by atoms with Crippen LogP contribution >= 0.6 is 0 Å². The first-order chi connectivity index (χ1) is 14.1. The first-order valence-corrected chi connectivity index (χ1v) is 10.4. The molecule has 1 atom stereocenters. The van der Waals surface area contributed by atoms with Crippen LogP contribution < -0.4 is 0 Å². The van der Waals surface area contributed by atoms with Gasteiger partial charge in [-0.1, -0.05) is 25.1 Å². The maximum Gasteiger partial charge on any atom is 0.254 e. The van der Waals surface area contributed by atoms with Gasteiger partial charge in [0, 0.05) is 48.6 Å². The van der Waals surface area contributed by atoms with E-state index in [9.17, 15) is 4.79 Å². The summed E-state index contributed by atoms with van der Waals surface area (Å²) in [6, 6.07) is 7.76. The van der Waals surface area contributed by atoms with Crippen LogP contribution in [0.3, 0.4) is 0 Å². The van der Waals surface area contributed by atoms with Crippen LogP contribution in [0.2, 0.25) is 0 Å². The van der Waals surface area contributed by atoms with E-state index in [0.29, 0.717) is 37.2 Å². The number of ether oxygens (including phenoxy) is 1. The number of nitrogens with zero attached hydrogens (tertiary/aromatic N) is 3. The number of carbonyl (C=O) groups is 1. The Morgan fingerprint density at radius 3 is 3.14 bits per heavy atom. The van der Waals surface area contributed by atoms with Gasteiger partial charge in [0.2, 0.25) is 5.89 Å². The summed E-state index contributed by atoms with van der Waals surface area (Å²) in [6.45, 7) is 6.16. The van der Waals surface area contributed by atoms with Crippen molar-refractivity contribution in [2.45, 2.75) is 45.6 Å². The fourth-order valence-corrected chi connectivity index (χ4v) is 3.84. The SMILES string of the molecule is CC(C)Cc1nc(CCOC2CCCN(C(=O)c3cccc4[nH]ccc34)C2)no1. The number of fused-ring (bicyclic) bond motifs is 1. The second-order valence-electron chi connectivity index (χ2n) is 8.08. The number of carbonyl (C=O) groups excluding carboxylic acids is 1. The number of piperidine rings is 1. The number of aromatic amines is 1. The minimum absolute atomic E-state index is 0.0418. The third-order valence-electron chi connectivity index (χ3n) is 5.26. The van der Waals surface area contributed by atoms with Gasteiger partial charge in [0.15, 0.2) is 5.82 Å². The lowest BCUT2D eigenvalue weighted by molar-refractivity contribution is 0.00258. The molecule has 1 aromatic carbocycles. The summed E-state index contributed by atoms with van der Waals surface area (Å²) in [4.78, 5) is 22.6. The number of rotatable bonds is 7. The third kappa shape index (κ3) is 4.67. The number of aromatic nitrogens is 3. The summed E-state index contributed by atoms with van der Waals surface area (Å²) in [5, 5.41) is 4.99. The lowest BCUT2D eigenvalue weighted by atomic mass is 10.0.